The third kappa shape index (κ3) is 15.4. The number of hydrogen-bond acceptors (Lipinski definition) is 20. The molecular weight excluding hydrogens is 1550 g/mol. The largest absolute Gasteiger partial charge is 0.369 e. The van der Waals surface area contributed by atoms with Gasteiger partial charge in [0.15, 0.2) is 22.6 Å². The van der Waals surface area contributed by atoms with Crippen LogP contribution in [-0.2, 0) is 0 Å². The van der Waals surface area contributed by atoms with E-state index in [-0.39, 0.29) is 47.5 Å². The maximum atomic E-state index is 14.2. The summed E-state index contributed by atoms with van der Waals surface area (Å²) >= 11 is 0. The highest BCUT2D eigenvalue weighted by molar-refractivity contribution is 6.11. The summed E-state index contributed by atoms with van der Waals surface area (Å²) in [6, 6.07) is 40.8. The van der Waals surface area contributed by atoms with Gasteiger partial charge in [-0.05, 0) is 237 Å². The van der Waals surface area contributed by atoms with E-state index in [9.17, 15) is 28.4 Å². The van der Waals surface area contributed by atoms with E-state index in [2.05, 4.69) is 132 Å². The van der Waals surface area contributed by atoms with Crippen molar-refractivity contribution in [2.45, 2.75) is 131 Å². The quantitative estimate of drug-likeness (QED) is 0.0803. The van der Waals surface area contributed by atoms with Crippen LogP contribution < -0.4 is 47.0 Å². The lowest BCUT2D eigenvalue weighted by molar-refractivity contribution is 0.0939. The molecular formula is C94H104F2N24O3. The first-order chi connectivity index (χ1) is 59.1. The zero-order valence-corrected chi connectivity index (χ0v) is 72.2. The van der Waals surface area contributed by atoms with E-state index in [0.717, 1.165) is 191 Å². The van der Waals surface area contributed by atoms with Crippen molar-refractivity contribution in [3.63, 3.8) is 0 Å². The van der Waals surface area contributed by atoms with Crippen molar-refractivity contribution in [1.82, 2.24) is 83.2 Å². The number of anilines is 4. The van der Waals surface area contributed by atoms with Gasteiger partial charge in [-0.2, -0.15) is 5.26 Å². The van der Waals surface area contributed by atoms with Gasteiger partial charge in [-0.25, -0.2) is 48.7 Å². The zero-order chi connectivity index (χ0) is 86.4. The fraction of sp³-hybridized carbons (Fsp3) is 0.362. The Morgan fingerprint density at radius 1 is 0.455 bits per heavy atom. The summed E-state index contributed by atoms with van der Waals surface area (Å²) in [5.74, 6) is -1.30. The van der Waals surface area contributed by atoms with E-state index in [1.807, 2.05) is 118 Å². The van der Waals surface area contributed by atoms with Gasteiger partial charge in [0.1, 0.15) is 40.3 Å². The van der Waals surface area contributed by atoms with E-state index >= 15 is 0 Å². The summed E-state index contributed by atoms with van der Waals surface area (Å²) in [4.78, 5) is 91.2. The number of fused-ring (bicyclic) bond motifs is 20. The smallest absolute Gasteiger partial charge is 0.255 e. The maximum Gasteiger partial charge on any atom is 0.255 e. The Balaban J connectivity index is 0.000000116. The topological polar surface area (TPSA) is 303 Å². The van der Waals surface area contributed by atoms with Crippen LogP contribution in [0.4, 0.5) is 31.5 Å². The highest BCUT2D eigenvalue weighted by Gasteiger charge is 2.33. The van der Waals surface area contributed by atoms with E-state index in [1.165, 1.54) is 35.4 Å². The van der Waals surface area contributed by atoms with Crippen molar-refractivity contribution in [1.29, 1.82) is 5.26 Å². The lowest BCUT2D eigenvalue weighted by atomic mass is 10.0. The van der Waals surface area contributed by atoms with E-state index < -0.39 is 0 Å². The van der Waals surface area contributed by atoms with Gasteiger partial charge in [-0.1, -0.05) is 12.1 Å². The Morgan fingerprint density at radius 3 is 1.27 bits per heavy atom. The number of piperidine rings is 2. The van der Waals surface area contributed by atoms with E-state index in [1.54, 1.807) is 23.6 Å². The predicted octanol–water partition coefficient (Wildman–Crippen LogP) is 13.5. The van der Waals surface area contributed by atoms with E-state index in [0.29, 0.717) is 96.8 Å². The number of aryl methyl sites for hydroxylation is 6. The van der Waals surface area contributed by atoms with Gasteiger partial charge in [0.2, 0.25) is 0 Å². The number of likely N-dealkylation sites (N-methyl/N-ethyl adjacent to an activating group) is 2. The molecule has 12 aromatic heterocycles. The number of nitrogens with zero attached hydrogens (tertiary/aromatic N) is 19. The number of carbonyl (C=O) groups excluding carboxylic acids is 3. The second-order valence-electron chi connectivity index (χ2n) is 34.2. The summed E-state index contributed by atoms with van der Waals surface area (Å²) in [5.41, 5.74) is 36.3. The van der Waals surface area contributed by atoms with Crippen LogP contribution in [0.15, 0.2) is 121 Å². The molecule has 4 aliphatic rings. The lowest BCUT2D eigenvalue weighted by Crippen LogP contribution is -2.43. The van der Waals surface area contributed by atoms with Gasteiger partial charge in [-0.3, -0.25) is 32.0 Å². The monoisotopic (exact) mass is 1650 g/mol. The Kier molecular flexibility index (Phi) is 22.2. The molecule has 29 heteroatoms. The number of aromatic nitrogens is 12. The van der Waals surface area contributed by atoms with Crippen molar-refractivity contribution in [2.75, 3.05) is 114 Å². The van der Waals surface area contributed by atoms with Gasteiger partial charge >= 0.3 is 0 Å². The van der Waals surface area contributed by atoms with Crippen molar-refractivity contribution < 1.29 is 23.2 Å². The number of imidazole rings is 4. The zero-order valence-electron chi connectivity index (χ0n) is 72.2. The minimum atomic E-state index is -0.362. The standard InChI is InChI=1S/C24H27FN6O.C24H26N6.C23H25FN6O.C23H26N6O/c1-13(2)27-24(32)18-11-17-20(30-8-4-5-16(26)12-30)9-14(3)28-22(17)31-21-10-15(25)6-7-19(21)29-23(18)31;1-14-8-20-22(9-15(14)2)30-23(27-20)17(12-25)11-19-21(10-16(3)26-24(19)30)29-7-6-18(13-29)28(4)5;1-3-26-23(31)17-11-16-19(29-8-4-5-15(25)12-29)9-13(2)27-21(16)30-20-10-14(24)6-7-18(20)28-22(17)30;1-14-11-20(28-10-9-15(13-28)27(3)4)16-12-17(23(30)24-2)22-26-18-7-5-6-8-19(18)29(22)21(16)25-14/h6-7,9-11,13,16H,4-5,8,12,26H2,1-3H3,(H,27,32);8-11,18H,6-7,13H2,1-5H3;6-7,9-11,15H,3-5,8,12,25H2,1-2H3,(H,26,31);5-8,11-12,15H,9-10,13H2,1-4H3,(H,24,30)/t16-;18-;2*15-/m1010/s1. The number of para-hydroxylation sites is 2. The molecule has 4 aliphatic heterocycles. The van der Waals surface area contributed by atoms with Crippen molar-refractivity contribution in [3.05, 3.63) is 189 Å². The molecule has 123 heavy (non-hydrogen) atoms. The molecule has 0 aliphatic carbocycles. The second-order valence-corrected chi connectivity index (χ2v) is 34.2. The number of rotatable bonds is 11. The molecule has 0 bridgehead atoms. The Hall–Kier alpha value is -12.9. The third-order valence-corrected chi connectivity index (χ3v) is 24.5. The molecule has 20 rings (SSSR count). The maximum absolute atomic E-state index is 14.2. The SMILES string of the molecule is CCNC(=O)c1cc2c(N3CCC[C@@H](N)C3)cc(C)nc2n2c1nc1ccc(F)cc12.CNC(=O)c1cc2c(N3CC[C@H](N(C)C)C3)cc(C)nc2n2c1nc1ccccc12.Cc1cc(N2CCC[C@@H](N)C2)c2cc(C(=O)NC(C)C)c3nc4ccc(F)cc4n3c2n1.Cc1cc(N2CC[C@H](N(C)C)C2)c2cc(C#N)c3nc4cc(C)c(C)cc4n3c2n1. The fourth-order valence-electron chi connectivity index (χ4n) is 18.3. The Morgan fingerprint density at radius 2 is 0.846 bits per heavy atom. The third-order valence-electron chi connectivity index (χ3n) is 24.5. The molecule has 0 spiro atoms. The molecule has 4 fully saturated rings. The van der Waals surface area contributed by atoms with Gasteiger partial charge in [-0.15, -0.1) is 0 Å². The molecule has 16 heterocycles. The molecule has 3 amide bonds. The average Bonchev–Trinajstić information content (AvgIpc) is 1.63. The Bertz CT molecular complexity index is 7000. The van der Waals surface area contributed by atoms with Crippen LogP contribution >= 0.6 is 0 Å². The number of nitriles is 1. The van der Waals surface area contributed by atoms with Crippen LogP contribution in [0.5, 0.6) is 0 Å². The number of carbonyl (C=O) groups is 3. The molecule has 4 atom stereocenters. The molecule has 4 saturated heterocycles. The van der Waals surface area contributed by atoms with Crippen molar-refractivity contribution in [3.8, 4) is 6.07 Å². The Labute approximate surface area is 710 Å². The highest BCUT2D eigenvalue weighted by Crippen LogP contribution is 2.40. The van der Waals surface area contributed by atoms with Crippen molar-refractivity contribution >= 4 is 151 Å². The summed E-state index contributed by atoms with van der Waals surface area (Å²) in [6.45, 7) is 25.6. The minimum Gasteiger partial charge on any atom is -0.369 e. The lowest BCUT2D eigenvalue weighted by Gasteiger charge is -2.33. The molecule has 16 aromatic rings. The van der Waals surface area contributed by atoms with Gasteiger partial charge in [0.25, 0.3) is 17.7 Å². The molecule has 0 radical (unpaired) electrons. The fourth-order valence-corrected chi connectivity index (χ4v) is 18.3. The van der Waals surface area contributed by atoms with Crippen LogP contribution in [0.3, 0.4) is 0 Å². The minimum absolute atomic E-state index is 0.0317. The van der Waals surface area contributed by atoms with Gasteiger partial charge in [0, 0.05) is 175 Å². The van der Waals surface area contributed by atoms with Crippen LogP contribution in [0, 0.1) is 64.5 Å². The molecule has 4 aromatic carbocycles. The first-order valence-corrected chi connectivity index (χ1v) is 42.5. The number of benzene rings is 4. The van der Waals surface area contributed by atoms with Crippen molar-refractivity contribution in [2.24, 2.45) is 11.5 Å². The molecule has 7 N–H and O–H groups in total. The summed E-state index contributed by atoms with van der Waals surface area (Å²) in [5, 5.41) is 22.2. The molecule has 27 nitrogen and oxygen atoms in total. The van der Waals surface area contributed by atoms with Crippen LogP contribution in [0.1, 0.15) is 130 Å². The molecule has 632 valence electrons. The van der Waals surface area contributed by atoms with Gasteiger partial charge in [0.05, 0.1) is 66.4 Å². The van der Waals surface area contributed by atoms with Crippen LogP contribution in [-0.4, -0.2) is 209 Å². The number of pyridine rings is 8. The molecule has 0 saturated carbocycles. The van der Waals surface area contributed by atoms with Crippen LogP contribution in [0.2, 0.25) is 0 Å². The average molecular weight is 1660 g/mol. The number of amides is 3. The van der Waals surface area contributed by atoms with E-state index in [4.69, 9.17) is 41.4 Å². The summed E-state index contributed by atoms with van der Waals surface area (Å²) < 4.78 is 36.1. The first kappa shape index (κ1) is 82.4. The number of halogens is 2. The number of hydrogen-bond donors (Lipinski definition) is 5. The number of nitrogens with two attached hydrogens (primary N) is 2. The predicted molar refractivity (Wildman–Crippen MR) is 487 cm³/mol. The summed E-state index contributed by atoms with van der Waals surface area (Å²) in [7, 11) is 10.2. The normalized spacial score (nSPS) is 17.0. The molecule has 0 unspecified atom stereocenters. The van der Waals surface area contributed by atoms with Gasteiger partial charge < -0.3 is 56.8 Å². The number of nitrogens with one attached hydrogen (secondary N) is 3. The van der Waals surface area contributed by atoms with Crippen LogP contribution in [0.25, 0.3) is 111 Å². The first-order valence-electron chi connectivity index (χ1n) is 42.5. The summed E-state index contributed by atoms with van der Waals surface area (Å²) in [6.07, 6.45) is 6.26. The second kappa shape index (κ2) is 33.2. The highest BCUT2D eigenvalue weighted by atomic mass is 19.1.